The van der Waals surface area contributed by atoms with Crippen molar-refractivity contribution < 1.29 is 14.7 Å². The van der Waals surface area contributed by atoms with Crippen LogP contribution >= 0.6 is 11.6 Å². The lowest BCUT2D eigenvalue weighted by Crippen LogP contribution is -2.33. The number of hydrogen-bond acceptors (Lipinski definition) is 4. The lowest BCUT2D eigenvalue weighted by molar-refractivity contribution is -0.00436. The molecular formula is C9H10ClNO4. The fourth-order valence-electron chi connectivity index (χ4n) is 1.08. The highest BCUT2D eigenvalue weighted by Gasteiger charge is 2.19. The number of esters is 1. The number of carbonyl (C=O) groups excluding carboxylic acids is 1. The van der Waals surface area contributed by atoms with E-state index in [1.165, 1.54) is 25.3 Å². The summed E-state index contributed by atoms with van der Waals surface area (Å²) in [4.78, 5) is 9.46. The number of hydroxylamine groups is 2. The predicted octanol–water partition coefficient (Wildman–Crippen LogP) is 1.95. The molecule has 0 saturated heterocycles. The van der Waals surface area contributed by atoms with Crippen LogP contribution in [0.2, 0.25) is 5.02 Å². The quantitative estimate of drug-likeness (QED) is 0.480. The molecule has 0 aliphatic rings. The van der Waals surface area contributed by atoms with Crippen molar-refractivity contribution in [2.75, 3.05) is 14.2 Å². The number of nitrogens with zero attached hydrogens (tertiary/aromatic N) is 1. The summed E-state index contributed by atoms with van der Waals surface area (Å²) in [5, 5.41) is 20.5. The average molecular weight is 232 g/mol. The first-order valence-electron chi connectivity index (χ1n) is 4.05. The summed E-state index contributed by atoms with van der Waals surface area (Å²) in [6, 6.07) is 3.96. The zero-order valence-corrected chi connectivity index (χ0v) is 8.99. The van der Waals surface area contributed by atoms with E-state index in [9.17, 15) is 15.2 Å². The Labute approximate surface area is 91.6 Å². The van der Waals surface area contributed by atoms with Crippen molar-refractivity contribution >= 4 is 23.3 Å². The van der Waals surface area contributed by atoms with Gasteiger partial charge in [0.1, 0.15) is 12.1 Å². The molecular weight excluding hydrogens is 222 g/mol. The maximum Gasteiger partial charge on any atom is 0.338 e. The minimum atomic E-state index is -1.69. The third-order valence-corrected chi connectivity index (χ3v) is 2.13. The van der Waals surface area contributed by atoms with Crippen LogP contribution in [0.3, 0.4) is 0 Å². The lowest BCUT2D eigenvalue weighted by atomic mass is 10.2. The SMILES string of the molecule is COC(=O)c1ccc(Cl)c([N+](C)([O-])O)c1. The van der Waals surface area contributed by atoms with Gasteiger partial charge in [0, 0.05) is 6.07 Å². The van der Waals surface area contributed by atoms with Crippen molar-refractivity contribution in [1.82, 2.24) is 4.81 Å². The Morgan fingerprint density at radius 3 is 2.67 bits per heavy atom. The molecule has 0 bridgehead atoms. The normalized spacial score (nSPS) is 14.5. The monoisotopic (exact) mass is 231 g/mol. The molecule has 0 aromatic heterocycles. The van der Waals surface area contributed by atoms with E-state index in [-0.39, 0.29) is 16.3 Å². The molecule has 15 heavy (non-hydrogen) atoms. The van der Waals surface area contributed by atoms with E-state index in [1.807, 2.05) is 0 Å². The van der Waals surface area contributed by atoms with Crippen LogP contribution in [0.25, 0.3) is 0 Å². The molecule has 0 heterocycles. The summed E-state index contributed by atoms with van der Waals surface area (Å²) in [5.41, 5.74) is 0.0470. The smallest absolute Gasteiger partial charge is 0.338 e. The van der Waals surface area contributed by atoms with Gasteiger partial charge in [-0.3, -0.25) is 0 Å². The number of benzene rings is 1. The Morgan fingerprint density at radius 1 is 1.60 bits per heavy atom. The van der Waals surface area contributed by atoms with Crippen LogP contribution in [0.15, 0.2) is 18.2 Å². The van der Waals surface area contributed by atoms with Gasteiger partial charge in [0.2, 0.25) is 0 Å². The molecule has 0 fully saturated rings. The van der Waals surface area contributed by atoms with Crippen molar-refractivity contribution in [3.63, 3.8) is 0 Å². The standard InChI is InChI=1S/C9H10ClNO4/c1-11(13,14)8-5-6(9(12)15-2)3-4-7(8)10/h3-5,13H,1-2H3. The Morgan fingerprint density at radius 2 is 2.20 bits per heavy atom. The van der Waals surface area contributed by atoms with E-state index in [0.717, 1.165) is 7.05 Å². The van der Waals surface area contributed by atoms with E-state index in [0.29, 0.717) is 0 Å². The summed E-state index contributed by atoms with van der Waals surface area (Å²) in [6.45, 7) is 0. The highest BCUT2D eigenvalue weighted by atomic mass is 35.5. The van der Waals surface area contributed by atoms with Crippen LogP contribution < -0.4 is 4.81 Å². The molecule has 1 aromatic carbocycles. The Kier molecular flexibility index (Phi) is 3.31. The van der Waals surface area contributed by atoms with Crippen LogP contribution in [-0.2, 0) is 4.74 Å². The molecule has 1 unspecified atom stereocenters. The summed E-state index contributed by atoms with van der Waals surface area (Å²) in [5.74, 6) is -0.596. The number of carbonyl (C=O) groups is 1. The molecule has 1 rings (SSSR count). The van der Waals surface area contributed by atoms with Crippen molar-refractivity contribution in [2.45, 2.75) is 0 Å². The Balaban J connectivity index is 3.23. The molecule has 82 valence electrons. The van der Waals surface area contributed by atoms with Gasteiger partial charge in [-0.15, -0.1) is 0 Å². The molecule has 0 spiro atoms. The maximum absolute atomic E-state index is 11.2. The zero-order chi connectivity index (χ0) is 11.6. The molecule has 1 N–H and O–H groups in total. The third-order valence-electron chi connectivity index (χ3n) is 1.81. The second-order valence-corrected chi connectivity index (χ2v) is 3.44. The number of ether oxygens (including phenoxy) is 1. The van der Waals surface area contributed by atoms with Crippen molar-refractivity contribution in [2.24, 2.45) is 0 Å². The van der Waals surface area contributed by atoms with E-state index in [1.54, 1.807) is 0 Å². The molecule has 0 radical (unpaired) electrons. The Bertz CT molecular complexity index is 386. The number of quaternary nitrogens is 1. The second kappa shape index (κ2) is 4.16. The van der Waals surface area contributed by atoms with E-state index in [4.69, 9.17) is 11.6 Å². The van der Waals surface area contributed by atoms with Gasteiger partial charge in [-0.05, 0) is 12.1 Å². The minimum absolute atomic E-state index is 0.0858. The van der Waals surface area contributed by atoms with Gasteiger partial charge in [0.05, 0.1) is 12.7 Å². The molecule has 0 aliphatic heterocycles. The first-order valence-corrected chi connectivity index (χ1v) is 4.42. The number of rotatable bonds is 2. The summed E-state index contributed by atoms with van der Waals surface area (Å²) in [6.07, 6.45) is 0. The van der Waals surface area contributed by atoms with Crippen molar-refractivity contribution in [1.29, 1.82) is 0 Å². The van der Waals surface area contributed by atoms with Crippen LogP contribution in [0.1, 0.15) is 10.4 Å². The summed E-state index contributed by atoms with van der Waals surface area (Å²) < 4.78 is 4.47. The highest BCUT2D eigenvalue weighted by Crippen LogP contribution is 2.29. The first-order chi connectivity index (χ1) is 6.86. The van der Waals surface area contributed by atoms with Gasteiger partial charge < -0.3 is 9.94 Å². The molecule has 1 aromatic rings. The van der Waals surface area contributed by atoms with Crippen LogP contribution in [0, 0.1) is 5.21 Å². The molecule has 0 amide bonds. The van der Waals surface area contributed by atoms with Gasteiger partial charge >= 0.3 is 5.97 Å². The topological polar surface area (TPSA) is 69.6 Å². The molecule has 6 heteroatoms. The van der Waals surface area contributed by atoms with Crippen LogP contribution in [-0.4, -0.2) is 25.3 Å². The van der Waals surface area contributed by atoms with E-state index in [2.05, 4.69) is 4.74 Å². The summed E-state index contributed by atoms with van der Waals surface area (Å²) in [7, 11) is 2.21. The third kappa shape index (κ3) is 2.66. The number of halogens is 1. The van der Waals surface area contributed by atoms with Gasteiger partial charge in [-0.1, -0.05) is 11.6 Å². The van der Waals surface area contributed by atoms with E-state index >= 15 is 0 Å². The van der Waals surface area contributed by atoms with E-state index < -0.39 is 10.8 Å². The van der Waals surface area contributed by atoms with Gasteiger partial charge in [0.15, 0.2) is 5.69 Å². The lowest BCUT2D eigenvalue weighted by Gasteiger charge is -2.28. The molecule has 5 nitrogen and oxygen atoms in total. The van der Waals surface area contributed by atoms with Crippen molar-refractivity contribution in [3.05, 3.63) is 34.0 Å². The maximum atomic E-state index is 11.2. The fourth-order valence-corrected chi connectivity index (χ4v) is 1.35. The molecule has 0 aliphatic carbocycles. The summed E-state index contributed by atoms with van der Waals surface area (Å²) >= 11 is 5.70. The first kappa shape index (κ1) is 11.9. The van der Waals surface area contributed by atoms with Gasteiger partial charge in [-0.25, -0.2) is 10.0 Å². The fraction of sp³-hybridized carbons (Fsp3) is 0.222. The van der Waals surface area contributed by atoms with Crippen LogP contribution in [0.4, 0.5) is 5.69 Å². The predicted molar refractivity (Wildman–Crippen MR) is 55.7 cm³/mol. The average Bonchev–Trinajstić information content (AvgIpc) is 2.15. The largest absolute Gasteiger partial charge is 0.593 e. The van der Waals surface area contributed by atoms with Crippen LogP contribution in [0.5, 0.6) is 0 Å². The second-order valence-electron chi connectivity index (χ2n) is 3.04. The number of methoxy groups -OCH3 is 1. The number of hydrogen-bond donors (Lipinski definition) is 1. The zero-order valence-electron chi connectivity index (χ0n) is 8.23. The minimum Gasteiger partial charge on any atom is -0.593 e. The Hall–Kier alpha value is -1.14. The van der Waals surface area contributed by atoms with Gasteiger partial charge in [-0.2, -0.15) is 4.81 Å². The molecule has 1 atom stereocenters. The highest BCUT2D eigenvalue weighted by molar-refractivity contribution is 6.33. The molecule has 0 saturated carbocycles. The van der Waals surface area contributed by atoms with Crippen molar-refractivity contribution in [3.8, 4) is 0 Å². The van der Waals surface area contributed by atoms with Gasteiger partial charge in [0.25, 0.3) is 0 Å².